The van der Waals surface area contributed by atoms with Crippen LogP contribution in [0.2, 0.25) is 0 Å². The average molecular weight is 352 g/mol. The van der Waals surface area contributed by atoms with Crippen molar-refractivity contribution in [3.63, 3.8) is 0 Å². The molecule has 1 N–H and O–H groups in total. The van der Waals surface area contributed by atoms with Crippen molar-refractivity contribution in [3.8, 4) is 0 Å². The van der Waals surface area contributed by atoms with Crippen molar-refractivity contribution in [2.75, 3.05) is 11.1 Å². The Kier molecular flexibility index (Phi) is 3.34. The second-order valence-electron chi connectivity index (χ2n) is 5.03. The summed E-state index contributed by atoms with van der Waals surface area (Å²) in [5.41, 5.74) is 2.90. The maximum atomic E-state index is 12.1. The topological polar surface area (TPSA) is 46.2 Å². The molecule has 2 aromatic rings. The molecule has 20 heavy (non-hydrogen) atoms. The van der Waals surface area contributed by atoms with Gasteiger partial charge in [0, 0.05) is 10.2 Å². The van der Waals surface area contributed by atoms with Crippen LogP contribution in [-0.2, 0) is 9.84 Å². The number of fused-ring (bicyclic) bond motifs is 1. The first-order chi connectivity index (χ1) is 9.45. The number of aryl methyl sites for hydroxylation is 1. The molecule has 0 amide bonds. The minimum absolute atomic E-state index is 0.109. The fourth-order valence-electron chi connectivity index (χ4n) is 2.59. The number of halogens is 1. The molecule has 1 aliphatic rings. The van der Waals surface area contributed by atoms with E-state index in [1.54, 1.807) is 12.1 Å². The average Bonchev–Trinajstić information content (AvgIpc) is 2.60. The van der Waals surface area contributed by atoms with E-state index < -0.39 is 9.84 Å². The number of anilines is 1. The van der Waals surface area contributed by atoms with Crippen LogP contribution in [0.4, 0.5) is 5.69 Å². The van der Waals surface area contributed by atoms with Crippen molar-refractivity contribution in [2.24, 2.45) is 0 Å². The first kappa shape index (κ1) is 13.6. The molecular formula is C15H14BrNO2S. The van der Waals surface area contributed by atoms with Crippen LogP contribution in [0.25, 0.3) is 0 Å². The summed E-state index contributed by atoms with van der Waals surface area (Å²) in [6.07, 6.45) is 0. The Morgan fingerprint density at radius 3 is 2.70 bits per heavy atom. The summed E-state index contributed by atoms with van der Waals surface area (Å²) in [6, 6.07) is 13.0. The molecular weight excluding hydrogens is 338 g/mol. The van der Waals surface area contributed by atoms with Gasteiger partial charge in [0.1, 0.15) is 0 Å². The highest BCUT2D eigenvalue weighted by molar-refractivity contribution is 9.10. The largest absolute Gasteiger partial charge is 0.377 e. The van der Waals surface area contributed by atoms with Gasteiger partial charge < -0.3 is 5.32 Å². The fourth-order valence-corrected chi connectivity index (χ4v) is 4.94. The van der Waals surface area contributed by atoms with Gasteiger partial charge in [-0.3, -0.25) is 0 Å². The fraction of sp³-hybridized carbons (Fsp3) is 0.200. The van der Waals surface area contributed by atoms with Crippen LogP contribution in [-0.4, -0.2) is 14.2 Å². The molecule has 1 unspecified atom stereocenters. The van der Waals surface area contributed by atoms with Crippen LogP contribution in [0.1, 0.15) is 17.2 Å². The van der Waals surface area contributed by atoms with Gasteiger partial charge in [0.25, 0.3) is 0 Å². The second kappa shape index (κ2) is 4.90. The van der Waals surface area contributed by atoms with Gasteiger partial charge >= 0.3 is 0 Å². The van der Waals surface area contributed by atoms with Gasteiger partial charge in [0.15, 0.2) is 9.84 Å². The Morgan fingerprint density at radius 1 is 1.20 bits per heavy atom. The van der Waals surface area contributed by atoms with Crippen LogP contribution < -0.4 is 5.32 Å². The van der Waals surface area contributed by atoms with Crippen molar-refractivity contribution >= 4 is 31.5 Å². The van der Waals surface area contributed by atoms with E-state index in [1.807, 2.05) is 37.3 Å². The Bertz CT molecular complexity index is 751. The molecule has 2 aromatic carbocycles. The smallest absolute Gasteiger partial charge is 0.181 e. The molecule has 104 valence electrons. The van der Waals surface area contributed by atoms with Gasteiger partial charge in [-0.15, -0.1) is 0 Å². The summed E-state index contributed by atoms with van der Waals surface area (Å²) in [6.45, 7) is 2.01. The van der Waals surface area contributed by atoms with Crippen molar-refractivity contribution < 1.29 is 8.42 Å². The molecule has 0 saturated heterocycles. The molecule has 0 aliphatic carbocycles. The minimum atomic E-state index is -3.17. The Hall–Kier alpha value is -1.33. The molecule has 0 fully saturated rings. The lowest BCUT2D eigenvalue weighted by molar-refractivity contribution is 0.598. The number of hydrogen-bond donors (Lipinski definition) is 1. The van der Waals surface area contributed by atoms with Crippen LogP contribution in [0.3, 0.4) is 0 Å². The van der Waals surface area contributed by atoms with Crippen LogP contribution in [0.15, 0.2) is 51.8 Å². The quantitative estimate of drug-likeness (QED) is 0.897. The molecule has 1 aliphatic heterocycles. The summed E-state index contributed by atoms with van der Waals surface area (Å²) < 4.78 is 25.3. The first-order valence-electron chi connectivity index (χ1n) is 6.31. The molecule has 1 heterocycles. The number of nitrogens with one attached hydrogen (secondary N) is 1. The van der Waals surface area contributed by atoms with E-state index in [0.717, 1.165) is 21.3 Å². The van der Waals surface area contributed by atoms with Gasteiger partial charge in [0.05, 0.1) is 16.7 Å². The lowest BCUT2D eigenvalue weighted by atomic mass is 10.1. The molecule has 0 saturated carbocycles. The van der Waals surface area contributed by atoms with Crippen molar-refractivity contribution in [3.05, 3.63) is 58.1 Å². The predicted octanol–water partition coefficient (Wildman–Crippen LogP) is 3.70. The van der Waals surface area contributed by atoms with Crippen molar-refractivity contribution in [1.82, 2.24) is 0 Å². The zero-order chi connectivity index (χ0) is 14.3. The van der Waals surface area contributed by atoms with Crippen LogP contribution in [0, 0.1) is 6.92 Å². The molecule has 0 spiro atoms. The summed E-state index contributed by atoms with van der Waals surface area (Å²) in [4.78, 5) is 0.448. The third-order valence-corrected chi connectivity index (χ3v) is 5.67. The first-order valence-corrected chi connectivity index (χ1v) is 8.76. The highest BCUT2D eigenvalue weighted by Crippen LogP contribution is 2.35. The molecule has 5 heteroatoms. The SMILES string of the molecule is Cc1cc(Br)cc(NC2CS(=O)(=O)c3ccccc32)c1. The van der Waals surface area contributed by atoms with Crippen molar-refractivity contribution in [1.29, 1.82) is 0 Å². The van der Waals surface area contributed by atoms with Gasteiger partial charge in [-0.05, 0) is 42.3 Å². The molecule has 1 atom stereocenters. The normalized spacial score (nSPS) is 19.6. The van der Waals surface area contributed by atoms with Crippen molar-refractivity contribution in [2.45, 2.75) is 17.9 Å². The molecule has 3 nitrogen and oxygen atoms in total. The van der Waals surface area contributed by atoms with Gasteiger partial charge in [-0.2, -0.15) is 0 Å². The zero-order valence-corrected chi connectivity index (χ0v) is 13.3. The number of sulfone groups is 1. The van der Waals surface area contributed by atoms with Crippen LogP contribution in [0.5, 0.6) is 0 Å². The van der Waals surface area contributed by atoms with E-state index >= 15 is 0 Å². The number of hydrogen-bond acceptors (Lipinski definition) is 3. The molecule has 0 aromatic heterocycles. The van der Waals surface area contributed by atoms with E-state index in [1.165, 1.54) is 0 Å². The van der Waals surface area contributed by atoms with E-state index in [9.17, 15) is 8.42 Å². The molecule has 3 rings (SSSR count). The van der Waals surface area contributed by atoms with Gasteiger partial charge in [-0.1, -0.05) is 34.1 Å². The number of benzene rings is 2. The summed E-state index contributed by atoms with van der Waals surface area (Å²) in [5.74, 6) is 0.109. The lowest BCUT2D eigenvalue weighted by Crippen LogP contribution is -2.13. The standard InChI is InChI=1S/C15H14BrNO2S/c1-10-6-11(16)8-12(7-10)17-14-9-20(18,19)15-5-3-2-4-13(14)15/h2-8,14,17H,9H2,1H3. The number of rotatable bonds is 2. The molecule has 0 bridgehead atoms. The van der Waals surface area contributed by atoms with Crippen LogP contribution >= 0.6 is 15.9 Å². The third-order valence-electron chi connectivity index (χ3n) is 3.40. The minimum Gasteiger partial charge on any atom is -0.377 e. The third kappa shape index (κ3) is 2.47. The summed E-state index contributed by atoms with van der Waals surface area (Å²) in [7, 11) is -3.17. The van der Waals surface area contributed by atoms with Gasteiger partial charge in [0.2, 0.25) is 0 Å². The highest BCUT2D eigenvalue weighted by Gasteiger charge is 2.34. The van der Waals surface area contributed by atoms with E-state index in [-0.39, 0.29) is 11.8 Å². The van der Waals surface area contributed by atoms with Gasteiger partial charge in [-0.25, -0.2) is 8.42 Å². The maximum Gasteiger partial charge on any atom is 0.181 e. The highest BCUT2D eigenvalue weighted by atomic mass is 79.9. The predicted molar refractivity (Wildman–Crippen MR) is 83.7 cm³/mol. The van der Waals surface area contributed by atoms with E-state index in [4.69, 9.17) is 0 Å². The summed E-state index contributed by atoms with van der Waals surface area (Å²) in [5, 5.41) is 3.33. The van der Waals surface area contributed by atoms with E-state index in [2.05, 4.69) is 21.2 Å². The second-order valence-corrected chi connectivity index (χ2v) is 7.95. The van der Waals surface area contributed by atoms with E-state index in [0.29, 0.717) is 4.90 Å². The Morgan fingerprint density at radius 2 is 1.95 bits per heavy atom. The lowest BCUT2D eigenvalue weighted by Gasteiger charge is -2.15. The maximum absolute atomic E-state index is 12.1. The Labute approximate surface area is 127 Å². The monoisotopic (exact) mass is 351 g/mol. The summed E-state index contributed by atoms with van der Waals surface area (Å²) >= 11 is 3.46. The Balaban J connectivity index is 1.97. The zero-order valence-electron chi connectivity index (χ0n) is 10.9. The molecule has 0 radical (unpaired) electrons.